The number of allylic oxidation sites excluding steroid dienone is 13. The van der Waals surface area contributed by atoms with Crippen LogP contribution in [0.15, 0.2) is 83.6 Å². The van der Waals surface area contributed by atoms with Crippen molar-refractivity contribution in [3.63, 3.8) is 0 Å². The first-order chi connectivity index (χ1) is 9.36. The third-order valence-electron chi connectivity index (χ3n) is 3.53. The summed E-state index contributed by atoms with van der Waals surface area (Å²) in [5.74, 6) is 0. The summed E-state index contributed by atoms with van der Waals surface area (Å²) in [6, 6.07) is 0. The van der Waals surface area contributed by atoms with E-state index in [2.05, 4.69) is 82.9 Å². The molecular weight excluding hydrogens is 240 g/mol. The van der Waals surface area contributed by atoms with Crippen LogP contribution in [0.2, 0.25) is 0 Å². The van der Waals surface area contributed by atoms with E-state index in [-0.39, 0.29) is 5.41 Å². The van der Waals surface area contributed by atoms with Crippen LogP contribution in [0.25, 0.3) is 0 Å². The molecular formula is C20H26. The molecule has 0 unspecified atom stereocenters. The lowest BCUT2D eigenvalue weighted by Crippen LogP contribution is -2.14. The first-order valence-electron chi connectivity index (χ1n) is 7.10. The monoisotopic (exact) mass is 266 g/mol. The van der Waals surface area contributed by atoms with Crippen molar-refractivity contribution < 1.29 is 0 Å². The van der Waals surface area contributed by atoms with Crippen LogP contribution < -0.4 is 0 Å². The maximum Gasteiger partial charge on any atom is 0.00810 e. The fraction of sp³-hybridized carbons (Fsp3) is 0.300. The molecule has 0 heteroatoms. The maximum atomic E-state index is 3.74. The van der Waals surface area contributed by atoms with Crippen LogP contribution in [0, 0.1) is 5.41 Å². The summed E-state index contributed by atoms with van der Waals surface area (Å²) in [6.07, 6.45) is 19.1. The fourth-order valence-corrected chi connectivity index (χ4v) is 2.16. The highest BCUT2D eigenvalue weighted by molar-refractivity contribution is 5.46. The van der Waals surface area contributed by atoms with Crippen molar-refractivity contribution in [2.24, 2.45) is 5.41 Å². The van der Waals surface area contributed by atoms with E-state index >= 15 is 0 Å². The van der Waals surface area contributed by atoms with Crippen LogP contribution in [-0.4, -0.2) is 0 Å². The fourth-order valence-electron chi connectivity index (χ4n) is 2.16. The van der Waals surface area contributed by atoms with Crippen molar-refractivity contribution in [3.8, 4) is 0 Å². The summed E-state index contributed by atoms with van der Waals surface area (Å²) < 4.78 is 0. The van der Waals surface area contributed by atoms with E-state index in [1.54, 1.807) is 0 Å². The first-order valence-corrected chi connectivity index (χ1v) is 7.10. The van der Waals surface area contributed by atoms with Gasteiger partial charge in [-0.25, -0.2) is 0 Å². The Hall–Kier alpha value is -1.82. The normalized spacial score (nSPS) is 21.4. The second-order valence-electron chi connectivity index (χ2n) is 5.90. The first kappa shape index (κ1) is 16.2. The lowest BCUT2D eigenvalue weighted by molar-refractivity contribution is 0.582. The smallest absolute Gasteiger partial charge is 0.00810 e. The highest BCUT2D eigenvalue weighted by Gasteiger charge is 2.22. The summed E-state index contributed by atoms with van der Waals surface area (Å²) in [5.41, 5.74) is 5.24. The zero-order valence-corrected chi connectivity index (χ0v) is 13.4. The van der Waals surface area contributed by atoms with E-state index in [1.165, 1.54) is 22.3 Å². The van der Waals surface area contributed by atoms with Gasteiger partial charge in [-0.1, -0.05) is 86.3 Å². The van der Waals surface area contributed by atoms with Crippen molar-refractivity contribution in [1.82, 2.24) is 0 Å². The molecule has 0 aromatic heterocycles. The molecule has 1 rings (SSSR count). The molecule has 1 aliphatic carbocycles. The van der Waals surface area contributed by atoms with Crippen molar-refractivity contribution in [2.75, 3.05) is 0 Å². The van der Waals surface area contributed by atoms with Crippen LogP contribution in [0.3, 0.4) is 0 Å². The van der Waals surface area contributed by atoms with Crippen LogP contribution in [-0.2, 0) is 0 Å². The predicted molar refractivity (Wildman–Crippen MR) is 91.6 cm³/mol. The molecule has 20 heavy (non-hydrogen) atoms. The van der Waals surface area contributed by atoms with Gasteiger partial charge in [0, 0.05) is 5.41 Å². The highest BCUT2D eigenvalue weighted by atomic mass is 14.3. The summed E-state index contributed by atoms with van der Waals surface area (Å²) in [7, 11) is 0. The molecule has 0 saturated heterocycles. The van der Waals surface area contributed by atoms with Crippen LogP contribution >= 0.6 is 0 Å². The molecule has 0 N–H and O–H groups in total. The molecule has 0 nitrogen and oxygen atoms in total. The average Bonchev–Trinajstić information content (AvgIpc) is 2.37. The van der Waals surface area contributed by atoms with Gasteiger partial charge in [-0.2, -0.15) is 0 Å². The Labute approximate surface area is 124 Å². The molecule has 0 aliphatic heterocycles. The summed E-state index contributed by atoms with van der Waals surface area (Å²) in [4.78, 5) is 0. The standard InChI is InChI=1S/C20H26/c1-7-16(2)10-8-11-17(3)13-14-19-18(4)12-9-15-20(19,5)6/h7-15H,1H2,2-6H3/b11-8+,16-10+,17-13+,19-14+. The number of hydrogen-bond acceptors (Lipinski definition) is 0. The van der Waals surface area contributed by atoms with Gasteiger partial charge >= 0.3 is 0 Å². The Morgan fingerprint density at radius 2 is 1.85 bits per heavy atom. The Kier molecular flexibility index (Phi) is 5.76. The Balaban J connectivity index is 2.89. The van der Waals surface area contributed by atoms with E-state index in [1.807, 2.05) is 13.0 Å². The molecule has 0 spiro atoms. The largest absolute Gasteiger partial charge is 0.0988 e. The summed E-state index contributed by atoms with van der Waals surface area (Å²) in [5, 5.41) is 0. The lowest BCUT2D eigenvalue weighted by atomic mass is 9.77. The minimum atomic E-state index is 0.110. The van der Waals surface area contributed by atoms with Gasteiger partial charge in [-0.15, -0.1) is 0 Å². The van der Waals surface area contributed by atoms with Crippen molar-refractivity contribution in [2.45, 2.75) is 34.6 Å². The molecule has 0 aromatic rings. The maximum absolute atomic E-state index is 3.74. The third-order valence-corrected chi connectivity index (χ3v) is 3.53. The van der Waals surface area contributed by atoms with Gasteiger partial charge in [-0.05, 0) is 31.9 Å². The van der Waals surface area contributed by atoms with Crippen LogP contribution in [0.4, 0.5) is 0 Å². The average molecular weight is 266 g/mol. The molecule has 0 amide bonds. The predicted octanol–water partition coefficient (Wildman–Crippen LogP) is 6.09. The zero-order chi connectivity index (χ0) is 15.2. The topological polar surface area (TPSA) is 0 Å². The van der Waals surface area contributed by atoms with Gasteiger partial charge in [-0.3, -0.25) is 0 Å². The van der Waals surface area contributed by atoms with Crippen molar-refractivity contribution in [1.29, 1.82) is 0 Å². The van der Waals surface area contributed by atoms with Gasteiger partial charge in [0.1, 0.15) is 0 Å². The van der Waals surface area contributed by atoms with E-state index < -0.39 is 0 Å². The molecule has 0 fully saturated rings. The third kappa shape index (κ3) is 4.70. The van der Waals surface area contributed by atoms with E-state index in [4.69, 9.17) is 0 Å². The van der Waals surface area contributed by atoms with Gasteiger partial charge in [0.25, 0.3) is 0 Å². The molecule has 0 heterocycles. The Morgan fingerprint density at radius 3 is 2.45 bits per heavy atom. The van der Waals surface area contributed by atoms with Crippen molar-refractivity contribution >= 4 is 0 Å². The van der Waals surface area contributed by atoms with Gasteiger partial charge < -0.3 is 0 Å². The SMILES string of the molecule is C=C/C(C)=C/C=C/C(C)=C/C=C1\C(C)=CC=CC1(C)C. The second-order valence-corrected chi connectivity index (χ2v) is 5.90. The zero-order valence-electron chi connectivity index (χ0n) is 13.4. The number of rotatable bonds is 4. The quantitative estimate of drug-likeness (QED) is 0.540. The summed E-state index contributed by atoms with van der Waals surface area (Å²) in [6.45, 7) is 14.6. The summed E-state index contributed by atoms with van der Waals surface area (Å²) >= 11 is 0. The molecule has 0 bridgehead atoms. The van der Waals surface area contributed by atoms with Crippen LogP contribution in [0.1, 0.15) is 34.6 Å². The molecule has 1 aliphatic rings. The van der Waals surface area contributed by atoms with E-state index in [9.17, 15) is 0 Å². The molecule has 0 saturated carbocycles. The second kappa shape index (κ2) is 7.09. The van der Waals surface area contributed by atoms with E-state index in [0.29, 0.717) is 0 Å². The molecule has 106 valence electrons. The Bertz CT molecular complexity index is 541. The van der Waals surface area contributed by atoms with E-state index in [0.717, 1.165) is 0 Å². The van der Waals surface area contributed by atoms with Gasteiger partial charge in [0.15, 0.2) is 0 Å². The lowest BCUT2D eigenvalue weighted by Gasteiger charge is -2.27. The number of hydrogen-bond donors (Lipinski definition) is 0. The van der Waals surface area contributed by atoms with Gasteiger partial charge in [0.05, 0.1) is 0 Å². The van der Waals surface area contributed by atoms with Crippen molar-refractivity contribution in [3.05, 3.63) is 83.6 Å². The minimum Gasteiger partial charge on any atom is -0.0988 e. The van der Waals surface area contributed by atoms with Crippen LogP contribution in [0.5, 0.6) is 0 Å². The molecule has 0 atom stereocenters. The molecule has 0 radical (unpaired) electrons. The van der Waals surface area contributed by atoms with Gasteiger partial charge in [0.2, 0.25) is 0 Å². The highest BCUT2D eigenvalue weighted by Crippen LogP contribution is 2.36. The molecule has 0 aromatic carbocycles. The Morgan fingerprint density at radius 1 is 1.15 bits per heavy atom. The minimum absolute atomic E-state index is 0.110.